The predicted molar refractivity (Wildman–Crippen MR) is 110 cm³/mol. The second kappa shape index (κ2) is 8.52. The number of hydrogen-bond donors (Lipinski definition) is 2. The molecule has 0 fully saturated rings. The number of thiophene rings is 1. The Balaban J connectivity index is 2.16. The van der Waals surface area contributed by atoms with E-state index in [0.717, 1.165) is 21.3 Å². The normalized spacial score (nSPS) is 14.2. The highest BCUT2D eigenvalue weighted by atomic mass is 32.2. The van der Waals surface area contributed by atoms with Gasteiger partial charge in [-0.3, -0.25) is 4.79 Å². The van der Waals surface area contributed by atoms with E-state index in [1.54, 1.807) is 23.5 Å². The van der Waals surface area contributed by atoms with Gasteiger partial charge in [-0.2, -0.15) is 0 Å². The molecule has 0 aliphatic carbocycles. The molecule has 1 aromatic heterocycles. The summed E-state index contributed by atoms with van der Waals surface area (Å²) in [6, 6.07) is 6.59. The van der Waals surface area contributed by atoms with Crippen LogP contribution in [0.3, 0.4) is 0 Å². The molecule has 2 aromatic rings. The number of nitrogens with one attached hydrogen (secondary N) is 2. The molecule has 2 atom stereocenters. The molecule has 0 saturated carbocycles. The van der Waals surface area contributed by atoms with Crippen LogP contribution >= 0.6 is 11.3 Å². The summed E-state index contributed by atoms with van der Waals surface area (Å²) >= 11 is 1.70. The number of amides is 1. The zero-order chi connectivity index (χ0) is 20.4. The van der Waals surface area contributed by atoms with Gasteiger partial charge >= 0.3 is 0 Å². The van der Waals surface area contributed by atoms with E-state index in [1.165, 1.54) is 30.6 Å². The molecule has 0 radical (unpaired) electrons. The van der Waals surface area contributed by atoms with Gasteiger partial charge in [0.15, 0.2) is 6.04 Å². The molecule has 1 heterocycles. The Morgan fingerprint density at radius 1 is 1.22 bits per heavy atom. The molecule has 27 heavy (non-hydrogen) atoms. The topological polar surface area (TPSA) is 70.9 Å². The Morgan fingerprint density at radius 2 is 1.89 bits per heavy atom. The van der Waals surface area contributed by atoms with Crippen LogP contribution in [0, 0.1) is 13.8 Å². The number of aryl methyl sites for hydroxylation is 2. The third kappa shape index (κ3) is 4.95. The van der Waals surface area contributed by atoms with Gasteiger partial charge in [-0.1, -0.05) is 6.07 Å². The van der Waals surface area contributed by atoms with Gasteiger partial charge in [-0.05, 0) is 55.5 Å². The summed E-state index contributed by atoms with van der Waals surface area (Å²) in [5.74, 6) is -0.135. The molecule has 0 aliphatic heterocycles. The molecule has 1 aromatic carbocycles. The number of rotatable bonds is 7. The number of nitrogens with zero attached hydrogens (tertiary/aromatic N) is 1. The quantitative estimate of drug-likeness (QED) is 0.729. The molecule has 6 nitrogen and oxygen atoms in total. The van der Waals surface area contributed by atoms with Crippen molar-refractivity contribution in [1.82, 2.24) is 4.31 Å². The lowest BCUT2D eigenvalue weighted by Gasteiger charge is -2.21. The maximum atomic E-state index is 12.7. The Hall–Kier alpha value is -1.74. The Morgan fingerprint density at radius 3 is 2.44 bits per heavy atom. The molecule has 148 valence electrons. The van der Waals surface area contributed by atoms with Gasteiger partial charge in [-0.15, -0.1) is 11.3 Å². The molecular weight excluding hydrogens is 382 g/mol. The maximum absolute atomic E-state index is 12.7. The van der Waals surface area contributed by atoms with Crippen LogP contribution in [-0.4, -0.2) is 45.8 Å². The van der Waals surface area contributed by atoms with Crippen LogP contribution in [0.1, 0.15) is 22.9 Å². The van der Waals surface area contributed by atoms with Crippen molar-refractivity contribution in [3.05, 3.63) is 45.6 Å². The van der Waals surface area contributed by atoms with Crippen LogP contribution in [0.25, 0.3) is 0 Å². The van der Waals surface area contributed by atoms with Crippen molar-refractivity contribution in [2.45, 2.75) is 38.3 Å². The summed E-state index contributed by atoms with van der Waals surface area (Å²) in [7, 11) is 1.41. The van der Waals surface area contributed by atoms with Crippen molar-refractivity contribution in [2.24, 2.45) is 0 Å². The van der Waals surface area contributed by atoms with Gasteiger partial charge in [0.2, 0.25) is 10.0 Å². The molecule has 0 saturated heterocycles. The lowest BCUT2D eigenvalue weighted by atomic mass is 10.2. The van der Waals surface area contributed by atoms with Gasteiger partial charge in [0.05, 0.1) is 16.8 Å². The summed E-state index contributed by atoms with van der Waals surface area (Å²) in [6.07, 6.45) is 0. The minimum absolute atomic E-state index is 0.135. The molecule has 2 rings (SSSR count). The first-order chi connectivity index (χ1) is 12.5. The van der Waals surface area contributed by atoms with Crippen LogP contribution in [-0.2, 0) is 21.4 Å². The molecule has 0 bridgehead atoms. The molecule has 1 amide bonds. The number of carbonyl (C=O) groups is 1. The number of carbonyl (C=O) groups excluding carboxylic acids is 1. The molecule has 0 spiro atoms. The van der Waals surface area contributed by atoms with E-state index >= 15 is 0 Å². The largest absolute Gasteiger partial charge is 0.323 e. The standard InChI is InChI=1S/C19H27N3O3S2/c1-13-7-8-16(27(24,25)21(4)5)11-17(13)20-19(23)15(3)22(6)12-18-14(2)9-10-26-18/h7-11,15H,12H2,1-6H3,(H,20,23)/p+1/t15-/m1/s1. The highest BCUT2D eigenvalue weighted by Crippen LogP contribution is 2.22. The van der Waals surface area contributed by atoms with E-state index in [9.17, 15) is 13.2 Å². The van der Waals surface area contributed by atoms with Crippen molar-refractivity contribution in [3.8, 4) is 0 Å². The van der Waals surface area contributed by atoms with Gasteiger partial charge in [-0.25, -0.2) is 12.7 Å². The molecule has 8 heteroatoms. The van der Waals surface area contributed by atoms with Gasteiger partial charge in [0, 0.05) is 19.8 Å². The first-order valence-electron chi connectivity index (χ1n) is 8.73. The van der Waals surface area contributed by atoms with E-state index < -0.39 is 10.0 Å². The smallest absolute Gasteiger partial charge is 0.282 e. The van der Waals surface area contributed by atoms with Crippen LogP contribution in [0.4, 0.5) is 5.69 Å². The van der Waals surface area contributed by atoms with E-state index in [1.807, 2.05) is 20.9 Å². The number of anilines is 1. The second-order valence-electron chi connectivity index (χ2n) is 7.03. The van der Waals surface area contributed by atoms with E-state index in [0.29, 0.717) is 5.69 Å². The lowest BCUT2D eigenvalue weighted by molar-refractivity contribution is -0.907. The summed E-state index contributed by atoms with van der Waals surface area (Å²) in [4.78, 5) is 15.2. The average Bonchev–Trinajstić information content (AvgIpc) is 3.00. The first kappa shape index (κ1) is 21.6. The number of likely N-dealkylation sites (N-methyl/N-ethyl adjacent to an activating group) is 1. The third-order valence-electron chi connectivity index (χ3n) is 4.79. The summed E-state index contributed by atoms with van der Waals surface area (Å²) in [5, 5.41) is 4.96. The van der Waals surface area contributed by atoms with Crippen LogP contribution in [0.2, 0.25) is 0 Å². The zero-order valence-electron chi connectivity index (χ0n) is 16.7. The fraction of sp³-hybridized carbons (Fsp3) is 0.421. The zero-order valence-corrected chi connectivity index (χ0v) is 18.3. The predicted octanol–water partition coefficient (Wildman–Crippen LogP) is 1.66. The number of quaternary nitrogens is 1. The van der Waals surface area contributed by atoms with E-state index in [-0.39, 0.29) is 16.8 Å². The first-order valence-corrected chi connectivity index (χ1v) is 11.0. The summed E-state index contributed by atoms with van der Waals surface area (Å²) < 4.78 is 25.8. The van der Waals surface area contributed by atoms with Crippen LogP contribution in [0.5, 0.6) is 0 Å². The number of benzene rings is 1. The van der Waals surface area contributed by atoms with Crippen molar-refractivity contribution in [3.63, 3.8) is 0 Å². The van der Waals surface area contributed by atoms with Gasteiger partial charge < -0.3 is 10.2 Å². The molecule has 2 N–H and O–H groups in total. The van der Waals surface area contributed by atoms with Crippen LogP contribution < -0.4 is 10.2 Å². The van der Waals surface area contributed by atoms with Crippen LogP contribution in [0.15, 0.2) is 34.5 Å². The Labute approximate surface area is 165 Å². The lowest BCUT2D eigenvalue weighted by Crippen LogP contribution is -3.12. The fourth-order valence-electron chi connectivity index (χ4n) is 2.56. The number of sulfonamides is 1. The maximum Gasteiger partial charge on any atom is 0.282 e. The molecule has 0 aliphatic rings. The molecular formula is C19H28N3O3S2+. The van der Waals surface area contributed by atoms with Gasteiger partial charge in [0.1, 0.15) is 6.54 Å². The van der Waals surface area contributed by atoms with Crippen molar-refractivity contribution in [2.75, 3.05) is 26.5 Å². The second-order valence-corrected chi connectivity index (χ2v) is 10.2. The summed E-state index contributed by atoms with van der Waals surface area (Å²) in [5.41, 5.74) is 2.58. The third-order valence-corrected chi connectivity index (χ3v) is 7.62. The highest BCUT2D eigenvalue weighted by molar-refractivity contribution is 7.89. The minimum atomic E-state index is -3.55. The monoisotopic (exact) mass is 410 g/mol. The Bertz CT molecular complexity index is 920. The SMILES string of the molecule is Cc1ccc(S(=O)(=O)N(C)C)cc1NC(=O)[C@@H](C)[NH+](C)Cc1sccc1C. The average molecular weight is 411 g/mol. The van der Waals surface area contributed by atoms with E-state index in [2.05, 4.69) is 23.7 Å². The number of hydrogen-bond acceptors (Lipinski definition) is 4. The highest BCUT2D eigenvalue weighted by Gasteiger charge is 2.24. The minimum Gasteiger partial charge on any atom is -0.323 e. The molecule has 1 unspecified atom stereocenters. The van der Waals surface area contributed by atoms with Gasteiger partial charge in [0.25, 0.3) is 5.91 Å². The summed E-state index contributed by atoms with van der Waals surface area (Å²) in [6.45, 7) is 6.57. The van der Waals surface area contributed by atoms with Crippen molar-refractivity contribution < 1.29 is 18.1 Å². The van der Waals surface area contributed by atoms with Crippen molar-refractivity contribution in [1.29, 1.82) is 0 Å². The fourth-order valence-corrected chi connectivity index (χ4v) is 4.49. The van der Waals surface area contributed by atoms with Crippen molar-refractivity contribution >= 4 is 33.0 Å². The van der Waals surface area contributed by atoms with E-state index in [4.69, 9.17) is 0 Å². The Kier molecular flexibility index (Phi) is 6.80.